The summed E-state index contributed by atoms with van der Waals surface area (Å²) in [5, 5.41) is 9.33. The van der Waals surface area contributed by atoms with Gasteiger partial charge < -0.3 is 10.6 Å². The zero-order valence-electron chi connectivity index (χ0n) is 9.46. The van der Waals surface area contributed by atoms with Crippen molar-refractivity contribution in [3.8, 4) is 0 Å². The van der Waals surface area contributed by atoms with Gasteiger partial charge in [0.15, 0.2) is 0 Å². The van der Waals surface area contributed by atoms with Crippen molar-refractivity contribution >= 4 is 23.5 Å². The normalized spacial score (nSPS) is 16.4. The molecule has 2 N–H and O–H groups in total. The Labute approximate surface area is 94.7 Å². The Morgan fingerprint density at radius 3 is 1.56 bits per heavy atom. The van der Waals surface area contributed by atoms with E-state index >= 15 is 0 Å². The van der Waals surface area contributed by atoms with Gasteiger partial charge in [0.05, 0.1) is 11.4 Å². The molecule has 0 spiro atoms. The number of hydrogen-bond donors (Lipinski definition) is 2. The largest absolute Gasteiger partial charge is 0.357 e. The van der Waals surface area contributed by atoms with Crippen LogP contribution in [-0.2, 0) is 0 Å². The molecule has 2 heterocycles. The fourth-order valence-electron chi connectivity index (χ4n) is 2.09. The summed E-state index contributed by atoms with van der Waals surface area (Å²) in [5.41, 5.74) is 4.72. The van der Waals surface area contributed by atoms with E-state index in [4.69, 9.17) is 0 Å². The van der Waals surface area contributed by atoms with E-state index in [9.17, 15) is 0 Å². The molecular formula is C14H14N2. The lowest BCUT2D eigenvalue weighted by Gasteiger charge is -2.20. The second-order valence-electron chi connectivity index (χ2n) is 4.28. The van der Waals surface area contributed by atoms with Crippen molar-refractivity contribution in [2.24, 2.45) is 0 Å². The van der Waals surface area contributed by atoms with Crippen LogP contribution < -0.4 is 21.1 Å². The van der Waals surface area contributed by atoms with Crippen molar-refractivity contribution in [3.05, 3.63) is 46.1 Å². The van der Waals surface area contributed by atoms with E-state index in [2.05, 4.69) is 60.9 Å². The van der Waals surface area contributed by atoms with Gasteiger partial charge in [-0.25, -0.2) is 0 Å². The number of nitrogens with one attached hydrogen (secondary N) is 2. The fraction of sp³-hybridized carbons (Fsp3) is 0.143. The van der Waals surface area contributed by atoms with Crippen LogP contribution >= 0.6 is 0 Å². The molecule has 3 rings (SSSR count). The van der Waals surface area contributed by atoms with Crippen molar-refractivity contribution in [1.82, 2.24) is 0 Å². The molecule has 0 unspecified atom stereocenters. The molecule has 0 radical (unpaired) electrons. The SMILES string of the molecule is CC1=CC=c2ccc3c(c2N1)NC(C)=CC=3. The highest BCUT2D eigenvalue weighted by Crippen LogP contribution is 2.20. The monoisotopic (exact) mass is 210 g/mol. The summed E-state index contributed by atoms with van der Waals surface area (Å²) in [7, 11) is 0. The van der Waals surface area contributed by atoms with Gasteiger partial charge in [-0.05, 0) is 26.0 Å². The molecule has 1 aromatic carbocycles. The molecule has 0 fully saturated rings. The second kappa shape index (κ2) is 3.27. The zero-order chi connectivity index (χ0) is 11.1. The smallest absolute Gasteiger partial charge is 0.0700 e. The minimum atomic E-state index is 1.18. The van der Waals surface area contributed by atoms with Gasteiger partial charge in [0.25, 0.3) is 0 Å². The maximum atomic E-state index is 3.43. The highest BCUT2D eigenvalue weighted by molar-refractivity contribution is 5.79. The molecule has 0 saturated carbocycles. The minimum Gasteiger partial charge on any atom is -0.357 e. The van der Waals surface area contributed by atoms with Gasteiger partial charge in [0, 0.05) is 21.8 Å². The molecule has 0 aliphatic carbocycles. The molecule has 16 heavy (non-hydrogen) atoms. The predicted octanol–water partition coefficient (Wildman–Crippen LogP) is 1.91. The van der Waals surface area contributed by atoms with Crippen LogP contribution in [0.3, 0.4) is 0 Å². The summed E-state index contributed by atoms with van der Waals surface area (Å²) in [6.45, 7) is 4.15. The molecule has 0 saturated heterocycles. The number of hydrogen-bond acceptors (Lipinski definition) is 2. The van der Waals surface area contributed by atoms with Crippen LogP contribution in [-0.4, -0.2) is 0 Å². The lowest BCUT2D eigenvalue weighted by Crippen LogP contribution is -2.24. The Morgan fingerprint density at radius 1 is 0.688 bits per heavy atom. The van der Waals surface area contributed by atoms with E-state index in [0.717, 1.165) is 0 Å². The van der Waals surface area contributed by atoms with Gasteiger partial charge in [-0.2, -0.15) is 0 Å². The molecule has 80 valence electrons. The van der Waals surface area contributed by atoms with E-state index in [1.54, 1.807) is 0 Å². The molecule has 2 heteroatoms. The molecule has 2 nitrogen and oxygen atoms in total. The molecule has 2 aliphatic rings. The van der Waals surface area contributed by atoms with Crippen LogP contribution in [0.15, 0.2) is 35.7 Å². The van der Waals surface area contributed by atoms with Gasteiger partial charge >= 0.3 is 0 Å². The summed E-state index contributed by atoms with van der Waals surface area (Å²) >= 11 is 0. The molecule has 0 amide bonds. The van der Waals surface area contributed by atoms with Crippen LogP contribution in [0.1, 0.15) is 13.8 Å². The van der Waals surface area contributed by atoms with Gasteiger partial charge in [-0.1, -0.05) is 24.3 Å². The van der Waals surface area contributed by atoms with Crippen molar-refractivity contribution in [3.63, 3.8) is 0 Å². The van der Waals surface area contributed by atoms with Gasteiger partial charge in [-0.3, -0.25) is 0 Å². The van der Waals surface area contributed by atoms with Crippen LogP contribution in [0.5, 0.6) is 0 Å². The quantitative estimate of drug-likeness (QED) is 0.683. The molecule has 1 aromatic rings. The Kier molecular flexibility index (Phi) is 1.90. The maximum absolute atomic E-state index is 3.43. The van der Waals surface area contributed by atoms with Crippen molar-refractivity contribution < 1.29 is 0 Å². The number of rotatable bonds is 0. The number of benzene rings is 1. The molecule has 0 atom stereocenters. The lowest BCUT2D eigenvalue weighted by atomic mass is 10.1. The zero-order valence-corrected chi connectivity index (χ0v) is 9.46. The van der Waals surface area contributed by atoms with Gasteiger partial charge in [-0.15, -0.1) is 0 Å². The average Bonchev–Trinajstić information content (AvgIpc) is 2.29. The molecule has 0 bridgehead atoms. The first-order valence-corrected chi connectivity index (χ1v) is 5.48. The second-order valence-corrected chi connectivity index (χ2v) is 4.28. The van der Waals surface area contributed by atoms with Crippen LogP contribution in [0.2, 0.25) is 0 Å². The third kappa shape index (κ3) is 1.34. The first-order valence-electron chi connectivity index (χ1n) is 5.48. The Morgan fingerprint density at radius 2 is 1.12 bits per heavy atom. The van der Waals surface area contributed by atoms with Crippen molar-refractivity contribution in [2.45, 2.75) is 13.8 Å². The minimum absolute atomic E-state index is 1.18. The number of anilines is 2. The molecule has 2 aliphatic heterocycles. The number of allylic oxidation sites excluding steroid dienone is 4. The van der Waals surface area contributed by atoms with E-state index in [0.29, 0.717) is 0 Å². The van der Waals surface area contributed by atoms with Crippen molar-refractivity contribution in [2.75, 3.05) is 10.6 Å². The lowest BCUT2D eigenvalue weighted by molar-refractivity contribution is 1.29. The summed E-state index contributed by atoms with van der Waals surface area (Å²) in [6, 6.07) is 4.30. The van der Waals surface area contributed by atoms with E-state index in [1.807, 2.05) is 0 Å². The topological polar surface area (TPSA) is 24.1 Å². The van der Waals surface area contributed by atoms with Crippen LogP contribution in [0.25, 0.3) is 12.2 Å². The van der Waals surface area contributed by atoms with Gasteiger partial charge in [0.2, 0.25) is 0 Å². The summed E-state index contributed by atoms with van der Waals surface area (Å²) in [4.78, 5) is 0. The highest BCUT2D eigenvalue weighted by Gasteiger charge is 2.10. The fourth-order valence-corrected chi connectivity index (χ4v) is 2.09. The third-order valence-electron chi connectivity index (χ3n) is 2.94. The standard InChI is InChI=1S/C14H14N2/c1-9-3-5-11-7-8-12-6-4-10(2)16-14(12)13(11)15-9/h3-8,15-16H,1-2H3. The molecule has 0 aromatic heterocycles. The van der Waals surface area contributed by atoms with Crippen LogP contribution in [0, 0.1) is 0 Å². The Hall–Kier alpha value is -1.96. The molecular weight excluding hydrogens is 196 g/mol. The third-order valence-corrected chi connectivity index (χ3v) is 2.94. The first kappa shape index (κ1) is 9.28. The Bertz CT molecular complexity index is 576. The first-order chi connectivity index (χ1) is 7.74. The Balaban J connectivity index is 2.30. The van der Waals surface area contributed by atoms with E-state index < -0.39 is 0 Å². The number of fused-ring (bicyclic) bond motifs is 3. The summed E-state index contributed by atoms with van der Waals surface area (Å²) in [5.74, 6) is 0. The summed E-state index contributed by atoms with van der Waals surface area (Å²) < 4.78 is 0. The average molecular weight is 210 g/mol. The predicted molar refractivity (Wildman–Crippen MR) is 69.4 cm³/mol. The van der Waals surface area contributed by atoms with E-state index in [1.165, 1.54) is 33.2 Å². The maximum Gasteiger partial charge on any atom is 0.0700 e. The van der Waals surface area contributed by atoms with Gasteiger partial charge in [0.1, 0.15) is 0 Å². The highest BCUT2D eigenvalue weighted by atomic mass is 15.0. The van der Waals surface area contributed by atoms with E-state index in [-0.39, 0.29) is 0 Å². The van der Waals surface area contributed by atoms with Crippen LogP contribution in [0.4, 0.5) is 11.4 Å². The van der Waals surface area contributed by atoms with Crippen molar-refractivity contribution in [1.29, 1.82) is 0 Å². The summed E-state index contributed by atoms with van der Waals surface area (Å²) in [6.07, 6.45) is 8.50.